The lowest BCUT2D eigenvalue weighted by atomic mass is 10.3. The van der Waals surface area contributed by atoms with E-state index in [0.29, 0.717) is 10.2 Å². The molecule has 1 heterocycles. The zero-order valence-electron chi connectivity index (χ0n) is 15.4. The van der Waals surface area contributed by atoms with E-state index in [-0.39, 0.29) is 9.79 Å². The van der Waals surface area contributed by atoms with Crippen molar-refractivity contribution in [2.75, 3.05) is 33.1 Å². The number of rotatable bonds is 8. The number of aromatic nitrogens is 1. The lowest BCUT2D eigenvalue weighted by Gasteiger charge is -2.17. The molecular weight excluding hydrogens is 408 g/mol. The largest absolute Gasteiger partial charge is 0.325 e. The van der Waals surface area contributed by atoms with Crippen molar-refractivity contribution >= 4 is 31.6 Å². The van der Waals surface area contributed by atoms with Gasteiger partial charge in [0.2, 0.25) is 15.9 Å². The molecule has 0 aliphatic carbocycles. The number of hydroxylamine groups is 1. The van der Waals surface area contributed by atoms with Crippen LogP contribution in [0.5, 0.6) is 0 Å². The van der Waals surface area contributed by atoms with Gasteiger partial charge in [-0.15, -0.1) is 0 Å². The summed E-state index contributed by atoms with van der Waals surface area (Å²) >= 11 is 0. The van der Waals surface area contributed by atoms with Gasteiger partial charge in [-0.3, -0.25) is 14.6 Å². The first-order valence-corrected chi connectivity index (χ1v) is 10.8. The Hall–Kier alpha value is -2.38. The molecule has 0 spiro atoms. The van der Waals surface area contributed by atoms with Crippen molar-refractivity contribution in [1.29, 1.82) is 0 Å². The first kappa shape index (κ1) is 21.9. The molecule has 0 unspecified atom stereocenters. The van der Waals surface area contributed by atoms with E-state index in [1.165, 1.54) is 70.0 Å². The molecule has 12 heteroatoms. The highest BCUT2D eigenvalue weighted by molar-refractivity contribution is 7.89. The van der Waals surface area contributed by atoms with Gasteiger partial charge in [0.15, 0.2) is 0 Å². The maximum absolute atomic E-state index is 12.4. The first-order valence-electron chi connectivity index (χ1n) is 7.88. The summed E-state index contributed by atoms with van der Waals surface area (Å²) in [5.41, 5.74) is 0.316. The van der Waals surface area contributed by atoms with Crippen molar-refractivity contribution in [1.82, 2.24) is 13.8 Å². The molecule has 1 N–H and O–H groups in total. The van der Waals surface area contributed by atoms with E-state index in [9.17, 15) is 21.6 Å². The van der Waals surface area contributed by atoms with Crippen LogP contribution in [0.25, 0.3) is 0 Å². The maximum Gasteiger partial charge on any atom is 0.264 e. The summed E-state index contributed by atoms with van der Waals surface area (Å²) in [6.07, 6.45) is 2.64. The van der Waals surface area contributed by atoms with Crippen LogP contribution >= 0.6 is 0 Å². The fourth-order valence-corrected chi connectivity index (χ4v) is 4.19. The number of carbonyl (C=O) groups is 1. The SMILES string of the molecule is CON(C)S(=O)(=O)c1ccc(NC(=O)CN(C)S(=O)(=O)c2cccnc2)cc1. The number of amides is 1. The lowest BCUT2D eigenvalue weighted by Crippen LogP contribution is -2.35. The first-order chi connectivity index (χ1) is 13.1. The summed E-state index contributed by atoms with van der Waals surface area (Å²) in [5.74, 6) is -0.584. The number of nitrogens with one attached hydrogen (secondary N) is 1. The third-order valence-corrected chi connectivity index (χ3v) is 7.22. The molecule has 10 nitrogen and oxygen atoms in total. The van der Waals surface area contributed by atoms with Crippen molar-refractivity contribution in [2.45, 2.75) is 9.79 Å². The van der Waals surface area contributed by atoms with E-state index in [1.54, 1.807) is 0 Å². The van der Waals surface area contributed by atoms with Crippen LogP contribution in [0.15, 0.2) is 58.6 Å². The monoisotopic (exact) mass is 428 g/mol. The Morgan fingerprint density at radius 1 is 1.04 bits per heavy atom. The molecule has 0 fully saturated rings. The molecule has 2 rings (SSSR count). The van der Waals surface area contributed by atoms with Crippen LogP contribution in [0, 0.1) is 0 Å². The fraction of sp³-hybridized carbons (Fsp3) is 0.250. The van der Waals surface area contributed by atoms with E-state index in [4.69, 9.17) is 0 Å². The van der Waals surface area contributed by atoms with E-state index >= 15 is 0 Å². The standard InChI is InChI=1S/C16H20N4O6S2/c1-19(27(22,23)15-5-4-10-17-11-15)12-16(21)18-13-6-8-14(9-7-13)28(24,25)20(2)26-3/h4-11H,12H2,1-3H3,(H,18,21). The van der Waals surface area contributed by atoms with Crippen molar-refractivity contribution in [3.8, 4) is 0 Å². The van der Waals surface area contributed by atoms with E-state index in [1.807, 2.05) is 0 Å². The van der Waals surface area contributed by atoms with Crippen molar-refractivity contribution in [2.24, 2.45) is 0 Å². The molecule has 0 saturated carbocycles. The Morgan fingerprint density at radius 2 is 1.68 bits per heavy atom. The normalized spacial score (nSPS) is 12.3. The minimum Gasteiger partial charge on any atom is -0.325 e. The molecule has 1 aromatic carbocycles. The quantitative estimate of drug-likeness (QED) is 0.608. The summed E-state index contributed by atoms with van der Waals surface area (Å²) < 4.78 is 50.6. The van der Waals surface area contributed by atoms with E-state index in [0.717, 1.165) is 4.31 Å². The minimum absolute atomic E-state index is 0.0221. The van der Waals surface area contributed by atoms with Crippen LogP contribution in [-0.2, 0) is 29.7 Å². The smallest absolute Gasteiger partial charge is 0.264 e. The Labute approximate surface area is 163 Å². The third-order valence-electron chi connectivity index (χ3n) is 3.74. The van der Waals surface area contributed by atoms with Gasteiger partial charge in [0.25, 0.3) is 10.0 Å². The Balaban J connectivity index is 2.05. The van der Waals surface area contributed by atoms with Gasteiger partial charge >= 0.3 is 0 Å². The summed E-state index contributed by atoms with van der Waals surface area (Å²) in [7, 11) is -3.90. The molecule has 2 aromatic rings. The second-order valence-electron chi connectivity index (χ2n) is 5.62. The molecule has 0 bridgehead atoms. The van der Waals surface area contributed by atoms with Crippen LogP contribution < -0.4 is 5.32 Å². The Morgan fingerprint density at radius 3 is 2.21 bits per heavy atom. The number of carbonyl (C=O) groups excluding carboxylic acids is 1. The lowest BCUT2D eigenvalue weighted by molar-refractivity contribution is -0.116. The van der Waals surface area contributed by atoms with Gasteiger partial charge in [-0.2, -0.15) is 4.31 Å². The third kappa shape index (κ3) is 4.91. The van der Waals surface area contributed by atoms with Crippen LogP contribution in [0.3, 0.4) is 0 Å². The number of hydrogen-bond donors (Lipinski definition) is 1. The number of likely N-dealkylation sites (N-methyl/N-ethyl adjacent to an activating group) is 1. The number of nitrogens with zero attached hydrogens (tertiary/aromatic N) is 3. The number of hydrogen-bond acceptors (Lipinski definition) is 7. The molecule has 1 aromatic heterocycles. The van der Waals surface area contributed by atoms with Crippen LogP contribution in [0.1, 0.15) is 0 Å². The zero-order valence-corrected chi connectivity index (χ0v) is 17.1. The molecule has 0 aliphatic rings. The molecular formula is C16H20N4O6S2. The maximum atomic E-state index is 12.4. The van der Waals surface area contributed by atoms with Gasteiger partial charge in [-0.25, -0.2) is 16.8 Å². The van der Waals surface area contributed by atoms with Crippen molar-refractivity contribution in [3.63, 3.8) is 0 Å². The van der Waals surface area contributed by atoms with Crippen molar-refractivity contribution < 1.29 is 26.5 Å². The second-order valence-corrected chi connectivity index (χ2v) is 9.60. The van der Waals surface area contributed by atoms with Crippen molar-refractivity contribution in [3.05, 3.63) is 48.8 Å². The average Bonchev–Trinajstić information content (AvgIpc) is 2.68. The molecule has 0 radical (unpaired) electrons. The summed E-state index contributed by atoms with van der Waals surface area (Å²) in [6.45, 7) is -0.427. The number of benzene rings is 1. The topological polar surface area (TPSA) is 126 Å². The van der Waals surface area contributed by atoms with Gasteiger partial charge < -0.3 is 5.32 Å². The Kier molecular flexibility index (Phi) is 6.85. The highest BCUT2D eigenvalue weighted by Crippen LogP contribution is 2.18. The van der Waals surface area contributed by atoms with Crippen LogP contribution in [-0.4, -0.2) is 64.3 Å². The van der Waals surface area contributed by atoms with Gasteiger partial charge in [-0.1, -0.05) is 4.47 Å². The number of anilines is 1. The minimum atomic E-state index is -3.85. The van der Waals surface area contributed by atoms with E-state index in [2.05, 4.69) is 15.1 Å². The van der Waals surface area contributed by atoms with Gasteiger partial charge in [-0.05, 0) is 36.4 Å². The second kappa shape index (κ2) is 8.75. The molecule has 1 amide bonds. The Bertz CT molecular complexity index is 1020. The number of pyridine rings is 1. The fourth-order valence-electron chi connectivity index (χ4n) is 2.12. The molecule has 28 heavy (non-hydrogen) atoms. The van der Waals surface area contributed by atoms with Gasteiger partial charge in [0.05, 0.1) is 18.6 Å². The summed E-state index contributed by atoms with van der Waals surface area (Å²) in [5, 5.41) is 2.52. The highest BCUT2D eigenvalue weighted by atomic mass is 32.2. The summed E-state index contributed by atoms with van der Waals surface area (Å²) in [4.78, 5) is 20.6. The van der Waals surface area contributed by atoms with Crippen LogP contribution in [0.4, 0.5) is 5.69 Å². The van der Waals surface area contributed by atoms with Crippen LogP contribution in [0.2, 0.25) is 0 Å². The zero-order chi connectivity index (χ0) is 20.9. The van der Waals surface area contributed by atoms with E-state index < -0.39 is 32.5 Å². The predicted octanol–water partition coefficient (Wildman–Crippen LogP) is 0.523. The van der Waals surface area contributed by atoms with Gasteiger partial charge in [0.1, 0.15) is 4.90 Å². The highest BCUT2D eigenvalue weighted by Gasteiger charge is 2.23. The average molecular weight is 428 g/mol. The molecule has 0 atom stereocenters. The predicted molar refractivity (Wildman–Crippen MR) is 101 cm³/mol. The van der Waals surface area contributed by atoms with Gasteiger partial charge in [0, 0.05) is 32.2 Å². The molecule has 152 valence electrons. The molecule has 0 saturated heterocycles. The number of sulfonamides is 2. The summed E-state index contributed by atoms with van der Waals surface area (Å²) in [6, 6.07) is 8.26. The molecule has 0 aliphatic heterocycles.